The van der Waals surface area contributed by atoms with E-state index in [1.807, 2.05) is 0 Å². The molecule has 0 aliphatic heterocycles. The number of amides is 1. The Bertz CT molecular complexity index is 1130. The fraction of sp³-hybridized carbons (Fsp3) is 0.972. The first-order chi connectivity index (χ1) is 38.5. The molecule has 0 saturated carbocycles. The highest BCUT2D eigenvalue weighted by molar-refractivity contribution is 5.76. The largest absolute Gasteiger partial charge is 0.466 e. The molecular formula is C72H143NO5. The number of rotatable bonds is 69. The van der Waals surface area contributed by atoms with Gasteiger partial charge in [-0.2, -0.15) is 0 Å². The summed E-state index contributed by atoms with van der Waals surface area (Å²) >= 11 is 0. The molecule has 0 radical (unpaired) electrons. The van der Waals surface area contributed by atoms with Crippen molar-refractivity contribution in [1.29, 1.82) is 0 Å². The Balaban J connectivity index is 3.30. The Morgan fingerprint density at radius 2 is 0.526 bits per heavy atom. The van der Waals surface area contributed by atoms with E-state index in [1.54, 1.807) is 0 Å². The molecule has 2 atom stereocenters. The summed E-state index contributed by atoms with van der Waals surface area (Å²) in [5.74, 6) is -0.00226. The van der Waals surface area contributed by atoms with Crippen LogP contribution in [0.25, 0.3) is 0 Å². The molecule has 0 spiro atoms. The topological polar surface area (TPSA) is 95.9 Å². The molecule has 0 rings (SSSR count). The molecule has 0 aromatic carbocycles. The lowest BCUT2D eigenvalue weighted by atomic mass is 10.0. The average Bonchev–Trinajstić information content (AvgIpc) is 3.44. The molecule has 6 nitrogen and oxygen atoms in total. The molecule has 0 aromatic rings. The molecule has 0 aromatic heterocycles. The van der Waals surface area contributed by atoms with Crippen LogP contribution in [0, 0.1) is 0 Å². The smallest absolute Gasteiger partial charge is 0.305 e. The highest BCUT2D eigenvalue weighted by Gasteiger charge is 2.20. The van der Waals surface area contributed by atoms with Gasteiger partial charge < -0.3 is 20.3 Å². The van der Waals surface area contributed by atoms with Crippen LogP contribution in [-0.2, 0) is 14.3 Å². The van der Waals surface area contributed by atoms with Crippen LogP contribution in [0.2, 0.25) is 0 Å². The highest BCUT2D eigenvalue weighted by atomic mass is 16.5. The molecule has 78 heavy (non-hydrogen) atoms. The molecule has 0 aliphatic carbocycles. The van der Waals surface area contributed by atoms with Crippen molar-refractivity contribution in [1.82, 2.24) is 5.32 Å². The highest BCUT2D eigenvalue weighted by Crippen LogP contribution is 2.20. The maximum atomic E-state index is 12.5. The van der Waals surface area contributed by atoms with Crippen LogP contribution in [-0.4, -0.2) is 47.4 Å². The van der Waals surface area contributed by atoms with Crippen LogP contribution in [0.5, 0.6) is 0 Å². The van der Waals surface area contributed by atoms with Crippen molar-refractivity contribution in [2.24, 2.45) is 0 Å². The van der Waals surface area contributed by atoms with Gasteiger partial charge in [-0.1, -0.05) is 386 Å². The summed E-state index contributed by atoms with van der Waals surface area (Å²) in [6.45, 7) is 5.00. The zero-order valence-electron chi connectivity index (χ0n) is 53.4. The van der Waals surface area contributed by atoms with Gasteiger partial charge in [0, 0.05) is 12.8 Å². The molecule has 2 unspecified atom stereocenters. The second kappa shape index (κ2) is 68.4. The van der Waals surface area contributed by atoms with Gasteiger partial charge in [-0.25, -0.2) is 0 Å². The standard InChI is InChI=1S/C72H143NO5/c1-3-5-7-9-11-13-15-17-19-34-38-42-46-50-54-58-62-66-72(77)78-67-63-59-55-51-47-43-39-36-33-31-29-27-25-23-21-20-22-24-26-28-30-32-35-37-41-45-49-53-57-61-65-71(76)73-69(68-74)70(75)64-60-56-52-48-44-40-18-16-14-12-10-8-6-4-2/h69-70,74-75H,3-68H2,1-2H3,(H,73,76). The lowest BCUT2D eigenvalue weighted by Gasteiger charge is -2.22. The number of carbonyl (C=O) groups is 2. The van der Waals surface area contributed by atoms with E-state index in [-0.39, 0.29) is 18.5 Å². The van der Waals surface area contributed by atoms with E-state index >= 15 is 0 Å². The summed E-state index contributed by atoms with van der Waals surface area (Å²) in [6.07, 6.45) is 83.1. The normalized spacial score (nSPS) is 12.4. The van der Waals surface area contributed by atoms with E-state index in [4.69, 9.17) is 4.74 Å². The van der Waals surface area contributed by atoms with Crippen molar-refractivity contribution < 1.29 is 24.5 Å². The van der Waals surface area contributed by atoms with Crippen LogP contribution in [0.1, 0.15) is 425 Å². The fourth-order valence-corrected chi connectivity index (χ4v) is 11.9. The second-order valence-corrected chi connectivity index (χ2v) is 25.3. The predicted molar refractivity (Wildman–Crippen MR) is 343 cm³/mol. The first-order valence-corrected chi connectivity index (χ1v) is 36.3. The second-order valence-electron chi connectivity index (χ2n) is 25.3. The quantitative estimate of drug-likeness (QED) is 0.0417. The third-order valence-corrected chi connectivity index (χ3v) is 17.4. The molecule has 0 bridgehead atoms. The Morgan fingerprint density at radius 3 is 0.782 bits per heavy atom. The summed E-state index contributed by atoms with van der Waals surface area (Å²) in [4.78, 5) is 24.6. The molecular weight excluding hydrogens is 959 g/mol. The number of aliphatic hydroxyl groups excluding tert-OH is 2. The molecule has 0 saturated heterocycles. The van der Waals surface area contributed by atoms with Crippen molar-refractivity contribution in [3.63, 3.8) is 0 Å². The monoisotopic (exact) mass is 1100 g/mol. The van der Waals surface area contributed by atoms with E-state index < -0.39 is 12.1 Å². The molecule has 0 aliphatic rings. The molecule has 1 amide bonds. The van der Waals surface area contributed by atoms with Crippen LogP contribution in [0.3, 0.4) is 0 Å². The lowest BCUT2D eigenvalue weighted by molar-refractivity contribution is -0.143. The number of hydrogen-bond acceptors (Lipinski definition) is 5. The number of ether oxygens (including phenoxy) is 1. The van der Waals surface area contributed by atoms with Crippen molar-refractivity contribution in [2.45, 2.75) is 437 Å². The number of unbranched alkanes of at least 4 members (excludes halogenated alkanes) is 58. The summed E-state index contributed by atoms with van der Waals surface area (Å²) in [5, 5.41) is 23.3. The van der Waals surface area contributed by atoms with Crippen LogP contribution in [0.4, 0.5) is 0 Å². The van der Waals surface area contributed by atoms with Gasteiger partial charge in [-0.05, 0) is 25.7 Å². The van der Waals surface area contributed by atoms with Gasteiger partial charge in [0.2, 0.25) is 5.91 Å². The predicted octanol–water partition coefficient (Wildman–Crippen LogP) is 23.4. The zero-order valence-corrected chi connectivity index (χ0v) is 53.4. The summed E-state index contributed by atoms with van der Waals surface area (Å²) < 4.78 is 5.51. The Morgan fingerprint density at radius 1 is 0.308 bits per heavy atom. The van der Waals surface area contributed by atoms with Gasteiger partial charge in [0.05, 0.1) is 25.4 Å². The number of esters is 1. The van der Waals surface area contributed by atoms with E-state index in [9.17, 15) is 19.8 Å². The van der Waals surface area contributed by atoms with Gasteiger partial charge in [-0.3, -0.25) is 9.59 Å². The summed E-state index contributed by atoms with van der Waals surface area (Å²) in [7, 11) is 0. The van der Waals surface area contributed by atoms with E-state index in [2.05, 4.69) is 19.2 Å². The van der Waals surface area contributed by atoms with E-state index in [0.29, 0.717) is 25.9 Å². The average molecular weight is 1100 g/mol. The van der Waals surface area contributed by atoms with Crippen LogP contribution < -0.4 is 5.32 Å². The van der Waals surface area contributed by atoms with Gasteiger partial charge in [0.15, 0.2) is 0 Å². The minimum atomic E-state index is -0.660. The fourth-order valence-electron chi connectivity index (χ4n) is 11.9. The minimum Gasteiger partial charge on any atom is -0.466 e. The van der Waals surface area contributed by atoms with Crippen molar-refractivity contribution in [2.75, 3.05) is 13.2 Å². The van der Waals surface area contributed by atoms with E-state index in [0.717, 1.165) is 38.5 Å². The number of aliphatic hydroxyl groups is 2. The molecule has 0 heterocycles. The van der Waals surface area contributed by atoms with Gasteiger partial charge >= 0.3 is 5.97 Å². The third-order valence-electron chi connectivity index (χ3n) is 17.4. The Labute approximate surface area is 489 Å². The number of hydrogen-bond donors (Lipinski definition) is 3. The number of carbonyl (C=O) groups excluding carboxylic acids is 2. The van der Waals surface area contributed by atoms with Crippen molar-refractivity contribution in [3.8, 4) is 0 Å². The molecule has 0 fully saturated rings. The molecule has 3 N–H and O–H groups in total. The first kappa shape index (κ1) is 76.9. The summed E-state index contributed by atoms with van der Waals surface area (Å²) in [6, 6.07) is -0.537. The number of nitrogens with one attached hydrogen (secondary N) is 1. The van der Waals surface area contributed by atoms with Gasteiger partial charge in [-0.15, -0.1) is 0 Å². The Hall–Kier alpha value is -1.14. The third kappa shape index (κ3) is 64.0. The van der Waals surface area contributed by atoms with Crippen LogP contribution >= 0.6 is 0 Å². The lowest BCUT2D eigenvalue weighted by Crippen LogP contribution is -2.45. The van der Waals surface area contributed by atoms with Gasteiger partial charge in [0.1, 0.15) is 0 Å². The van der Waals surface area contributed by atoms with Crippen molar-refractivity contribution in [3.05, 3.63) is 0 Å². The summed E-state index contributed by atoms with van der Waals surface area (Å²) in [5.41, 5.74) is 0. The van der Waals surface area contributed by atoms with Crippen molar-refractivity contribution >= 4 is 11.9 Å². The van der Waals surface area contributed by atoms with E-state index in [1.165, 1.54) is 353 Å². The Kier molecular flexibility index (Phi) is 67.4. The maximum Gasteiger partial charge on any atom is 0.305 e. The maximum absolute atomic E-state index is 12.5. The molecule has 6 heteroatoms. The molecule has 466 valence electrons. The van der Waals surface area contributed by atoms with Gasteiger partial charge in [0.25, 0.3) is 0 Å². The SMILES string of the molecule is CCCCCCCCCCCCCCCCCCCC(=O)OCCCCCCCCCCCCCCCCCCCCCCCCCCCCCCCCC(=O)NC(CO)C(O)CCCCCCCCCCCCCCCC. The van der Waals surface area contributed by atoms with Crippen LogP contribution in [0.15, 0.2) is 0 Å². The first-order valence-electron chi connectivity index (χ1n) is 36.3. The minimum absolute atomic E-state index is 0.0253. The zero-order chi connectivity index (χ0) is 56.4.